The molecule has 3 nitrogen and oxygen atoms in total. The molecule has 0 aromatic heterocycles. The molecule has 0 saturated heterocycles. The molecule has 0 spiro atoms. The summed E-state index contributed by atoms with van der Waals surface area (Å²) in [4.78, 5) is 0. The summed E-state index contributed by atoms with van der Waals surface area (Å²) in [6.45, 7) is 2.43. The van der Waals surface area contributed by atoms with Crippen molar-refractivity contribution < 1.29 is 10.2 Å². The third kappa shape index (κ3) is 3.18. The fourth-order valence-corrected chi connectivity index (χ4v) is 1.24. The largest absolute Gasteiger partial charge is 0.508 e. The van der Waals surface area contributed by atoms with Gasteiger partial charge in [0.2, 0.25) is 0 Å². The minimum atomic E-state index is 0.00776. The number of aliphatic hydroxyl groups is 1. The number of aromatic hydroxyl groups is 1. The van der Waals surface area contributed by atoms with Gasteiger partial charge in [-0.2, -0.15) is 0 Å². The maximum absolute atomic E-state index is 9.46. The Bertz CT molecular complexity index is 304. The highest BCUT2D eigenvalue weighted by Gasteiger charge is 2.04. The number of hydrogen-bond acceptors (Lipinski definition) is 3. The smallest absolute Gasteiger partial charge is 0.120 e. The summed E-state index contributed by atoms with van der Waals surface area (Å²) in [5.74, 6) is 0.215. The Labute approximate surface area is 88.3 Å². The molecule has 0 aliphatic carbocycles. The standard InChI is InChI=1S/C10H14ClNO2/c1-7(6-13)12-5-8-4-9(11)2-3-10(8)14/h2-4,7,12-14H,5-6H2,1H3. The van der Waals surface area contributed by atoms with Gasteiger partial charge in [0.25, 0.3) is 0 Å². The summed E-state index contributed by atoms with van der Waals surface area (Å²) in [5, 5.41) is 21.9. The molecule has 0 aliphatic rings. The first-order chi connectivity index (χ1) is 6.63. The van der Waals surface area contributed by atoms with Gasteiger partial charge in [0.1, 0.15) is 5.75 Å². The van der Waals surface area contributed by atoms with Crippen LogP contribution in [0.25, 0.3) is 0 Å². The average Bonchev–Trinajstić information content (AvgIpc) is 2.19. The van der Waals surface area contributed by atoms with Crippen molar-refractivity contribution >= 4 is 11.6 Å². The van der Waals surface area contributed by atoms with Crippen LogP contribution >= 0.6 is 11.6 Å². The molecule has 0 amide bonds. The SMILES string of the molecule is CC(CO)NCc1cc(Cl)ccc1O. The van der Waals surface area contributed by atoms with Crippen LogP contribution in [0.1, 0.15) is 12.5 Å². The van der Waals surface area contributed by atoms with Crippen LogP contribution in [0.2, 0.25) is 5.02 Å². The van der Waals surface area contributed by atoms with Gasteiger partial charge in [0.15, 0.2) is 0 Å². The zero-order valence-corrected chi connectivity index (χ0v) is 8.75. The minimum absolute atomic E-state index is 0.00776. The lowest BCUT2D eigenvalue weighted by Gasteiger charge is -2.11. The second-order valence-electron chi connectivity index (χ2n) is 3.24. The van der Waals surface area contributed by atoms with E-state index in [0.717, 1.165) is 5.56 Å². The van der Waals surface area contributed by atoms with Crippen molar-refractivity contribution in [3.63, 3.8) is 0 Å². The number of nitrogens with one attached hydrogen (secondary N) is 1. The molecule has 14 heavy (non-hydrogen) atoms. The van der Waals surface area contributed by atoms with Crippen LogP contribution in [-0.2, 0) is 6.54 Å². The van der Waals surface area contributed by atoms with Crippen molar-refractivity contribution in [3.05, 3.63) is 28.8 Å². The van der Waals surface area contributed by atoms with E-state index >= 15 is 0 Å². The number of aliphatic hydroxyl groups excluding tert-OH is 1. The van der Waals surface area contributed by atoms with E-state index in [1.54, 1.807) is 18.2 Å². The summed E-state index contributed by atoms with van der Waals surface area (Å²) in [6, 6.07) is 4.90. The van der Waals surface area contributed by atoms with E-state index < -0.39 is 0 Å². The number of benzene rings is 1. The zero-order valence-electron chi connectivity index (χ0n) is 8.00. The molecule has 3 N–H and O–H groups in total. The van der Waals surface area contributed by atoms with Crippen LogP contribution in [0, 0.1) is 0 Å². The normalized spacial score (nSPS) is 12.8. The summed E-state index contributed by atoms with van der Waals surface area (Å²) >= 11 is 5.78. The van der Waals surface area contributed by atoms with Crippen molar-refractivity contribution in [2.24, 2.45) is 0 Å². The number of phenols is 1. The lowest BCUT2D eigenvalue weighted by molar-refractivity contribution is 0.250. The van der Waals surface area contributed by atoms with Gasteiger partial charge >= 0.3 is 0 Å². The molecule has 1 atom stereocenters. The molecule has 78 valence electrons. The summed E-state index contributed by atoms with van der Waals surface area (Å²) in [7, 11) is 0. The summed E-state index contributed by atoms with van der Waals surface area (Å²) in [6.07, 6.45) is 0. The topological polar surface area (TPSA) is 52.5 Å². The summed E-state index contributed by atoms with van der Waals surface area (Å²) in [5.41, 5.74) is 0.734. The predicted molar refractivity (Wildman–Crippen MR) is 56.5 cm³/mol. The van der Waals surface area contributed by atoms with E-state index in [9.17, 15) is 5.11 Å². The Kier molecular flexibility index (Phi) is 4.20. The molecule has 1 rings (SSSR count). The average molecular weight is 216 g/mol. The number of halogens is 1. The fourth-order valence-electron chi connectivity index (χ4n) is 1.04. The van der Waals surface area contributed by atoms with Crippen LogP contribution in [0.15, 0.2) is 18.2 Å². The number of rotatable bonds is 4. The lowest BCUT2D eigenvalue weighted by Crippen LogP contribution is -2.28. The molecule has 0 saturated carbocycles. The molecular weight excluding hydrogens is 202 g/mol. The van der Waals surface area contributed by atoms with Crippen molar-refractivity contribution in [3.8, 4) is 5.75 Å². The van der Waals surface area contributed by atoms with Gasteiger partial charge in [0.05, 0.1) is 6.61 Å². The van der Waals surface area contributed by atoms with E-state index in [1.165, 1.54) is 0 Å². The fraction of sp³-hybridized carbons (Fsp3) is 0.400. The van der Waals surface area contributed by atoms with Crippen LogP contribution in [0.3, 0.4) is 0 Å². The predicted octanol–water partition coefficient (Wildman–Crippen LogP) is 1.52. The van der Waals surface area contributed by atoms with E-state index in [4.69, 9.17) is 16.7 Å². The van der Waals surface area contributed by atoms with Crippen molar-refractivity contribution in [1.82, 2.24) is 5.32 Å². The van der Waals surface area contributed by atoms with Crippen molar-refractivity contribution in [2.75, 3.05) is 6.61 Å². The number of phenolic OH excluding ortho intramolecular Hbond substituents is 1. The Morgan fingerprint density at radius 1 is 1.50 bits per heavy atom. The molecule has 0 fully saturated rings. The highest BCUT2D eigenvalue weighted by Crippen LogP contribution is 2.21. The van der Waals surface area contributed by atoms with Gasteiger partial charge in [-0.25, -0.2) is 0 Å². The van der Waals surface area contributed by atoms with Crippen molar-refractivity contribution in [1.29, 1.82) is 0 Å². The molecular formula is C10H14ClNO2. The maximum atomic E-state index is 9.46. The molecule has 1 aromatic rings. The zero-order chi connectivity index (χ0) is 10.6. The third-order valence-electron chi connectivity index (χ3n) is 1.96. The maximum Gasteiger partial charge on any atom is 0.120 e. The highest BCUT2D eigenvalue weighted by atomic mass is 35.5. The first-order valence-electron chi connectivity index (χ1n) is 4.45. The van der Waals surface area contributed by atoms with Crippen LogP contribution in [0.5, 0.6) is 5.75 Å². The van der Waals surface area contributed by atoms with Gasteiger partial charge < -0.3 is 15.5 Å². The second-order valence-corrected chi connectivity index (χ2v) is 3.67. The first kappa shape index (κ1) is 11.3. The van der Waals surface area contributed by atoms with Crippen LogP contribution < -0.4 is 5.32 Å². The summed E-state index contributed by atoms with van der Waals surface area (Å²) < 4.78 is 0. The van der Waals surface area contributed by atoms with Gasteiger partial charge in [0, 0.05) is 23.2 Å². The van der Waals surface area contributed by atoms with E-state index in [2.05, 4.69) is 5.32 Å². The van der Waals surface area contributed by atoms with Crippen LogP contribution in [0.4, 0.5) is 0 Å². The van der Waals surface area contributed by atoms with Gasteiger partial charge in [-0.05, 0) is 25.1 Å². The first-order valence-corrected chi connectivity index (χ1v) is 4.83. The van der Waals surface area contributed by atoms with Gasteiger partial charge in [-0.15, -0.1) is 0 Å². The Balaban J connectivity index is 2.62. The third-order valence-corrected chi connectivity index (χ3v) is 2.19. The number of hydrogen-bond donors (Lipinski definition) is 3. The van der Waals surface area contributed by atoms with Crippen LogP contribution in [-0.4, -0.2) is 22.9 Å². The van der Waals surface area contributed by atoms with E-state index in [1.807, 2.05) is 6.92 Å². The second kappa shape index (κ2) is 5.20. The molecule has 0 aliphatic heterocycles. The van der Waals surface area contributed by atoms with Gasteiger partial charge in [-0.1, -0.05) is 11.6 Å². The molecule has 0 bridgehead atoms. The molecule has 1 aromatic carbocycles. The highest BCUT2D eigenvalue weighted by molar-refractivity contribution is 6.30. The Morgan fingerprint density at radius 3 is 2.86 bits per heavy atom. The quantitative estimate of drug-likeness (QED) is 0.714. The van der Waals surface area contributed by atoms with E-state index in [0.29, 0.717) is 11.6 Å². The Hall–Kier alpha value is -0.770. The van der Waals surface area contributed by atoms with Gasteiger partial charge in [-0.3, -0.25) is 0 Å². The molecule has 1 unspecified atom stereocenters. The molecule has 0 heterocycles. The van der Waals surface area contributed by atoms with Crippen molar-refractivity contribution in [2.45, 2.75) is 19.5 Å². The Morgan fingerprint density at radius 2 is 2.21 bits per heavy atom. The van der Waals surface area contributed by atoms with E-state index in [-0.39, 0.29) is 18.4 Å². The molecule has 0 radical (unpaired) electrons. The monoisotopic (exact) mass is 215 g/mol. The minimum Gasteiger partial charge on any atom is -0.508 e. The molecule has 4 heteroatoms. The lowest BCUT2D eigenvalue weighted by atomic mass is 10.2.